The number of carboxylic acid groups (broad SMARTS) is 1. The van der Waals surface area contributed by atoms with Crippen molar-refractivity contribution in [3.8, 4) is 0 Å². The van der Waals surface area contributed by atoms with Gasteiger partial charge >= 0.3 is 5.97 Å². The molecule has 0 aromatic carbocycles. The summed E-state index contributed by atoms with van der Waals surface area (Å²) in [6, 6.07) is -0.127. The zero-order valence-electron chi connectivity index (χ0n) is 8.16. The van der Waals surface area contributed by atoms with Crippen LogP contribution < -0.4 is 5.73 Å². The average molecular weight is 183 g/mol. The number of carbonyl (C=O) groups is 1. The summed E-state index contributed by atoms with van der Waals surface area (Å²) in [5.41, 5.74) is 6.24. The maximum absolute atomic E-state index is 10.9. The van der Waals surface area contributed by atoms with Gasteiger partial charge in [0.15, 0.2) is 0 Å². The molecule has 3 rings (SSSR count). The molecule has 0 aromatic heterocycles. The van der Waals surface area contributed by atoms with Crippen LogP contribution in [0.15, 0.2) is 0 Å². The molecular weight excluding hydrogens is 166 g/mol. The summed E-state index contributed by atoms with van der Waals surface area (Å²) in [4.78, 5) is 10.9. The molecule has 3 saturated carbocycles. The first kappa shape index (κ1) is 9.00. The first-order valence-corrected chi connectivity index (χ1v) is 4.93. The third-order valence-electron chi connectivity index (χ3n) is 4.33. The molecule has 0 spiro atoms. The smallest absolute Gasteiger partial charge is 0.308 e. The van der Waals surface area contributed by atoms with Crippen LogP contribution in [0.2, 0.25) is 0 Å². The Hall–Kier alpha value is -0.570. The molecule has 3 heteroatoms. The number of nitrogens with two attached hydrogens (primary N) is 1. The molecule has 3 nitrogen and oxygen atoms in total. The highest BCUT2D eigenvalue weighted by Gasteiger charge is 2.58. The van der Waals surface area contributed by atoms with E-state index in [9.17, 15) is 4.79 Å². The fourth-order valence-corrected chi connectivity index (χ4v) is 3.12. The van der Waals surface area contributed by atoms with Gasteiger partial charge in [-0.05, 0) is 30.1 Å². The van der Waals surface area contributed by atoms with Gasteiger partial charge in [0, 0.05) is 6.04 Å². The first-order chi connectivity index (χ1) is 5.94. The van der Waals surface area contributed by atoms with Crippen LogP contribution in [-0.2, 0) is 4.79 Å². The largest absolute Gasteiger partial charge is 0.481 e. The molecule has 3 N–H and O–H groups in total. The fraction of sp³-hybridized carbons (Fsp3) is 0.900. The summed E-state index contributed by atoms with van der Waals surface area (Å²) < 4.78 is 0. The molecule has 13 heavy (non-hydrogen) atoms. The van der Waals surface area contributed by atoms with Gasteiger partial charge in [0.1, 0.15) is 0 Å². The van der Waals surface area contributed by atoms with E-state index in [4.69, 9.17) is 10.8 Å². The van der Waals surface area contributed by atoms with Gasteiger partial charge in [-0.2, -0.15) is 0 Å². The topological polar surface area (TPSA) is 63.3 Å². The predicted molar refractivity (Wildman–Crippen MR) is 49.1 cm³/mol. The molecule has 3 unspecified atom stereocenters. The summed E-state index contributed by atoms with van der Waals surface area (Å²) in [5.74, 6) is 0.000208. The third kappa shape index (κ3) is 1.03. The van der Waals surface area contributed by atoms with Crippen LogP contribution >= 0.6 is 0 Å². The predicted octanol–water partition coefficient (Wildman–Crippen LogP) is 1.08. The summed E-state index contributed by atoms with van der Waals surface area (Å²) in [7, 11) is 0. The highest BCUT2D eigenvalue weighted by Crippen LogP contribution is 2.60. The zero-order chi connectivity index (χ0) is 9.80. The lowest BCUT2D eigenvalue weighted by molar-refractivity contribution is -0.159. The summed E-state index contributed by atoms with van der Waals surface area (Å²) >= 11 is 0. The molecule has 0 radical (unpaired) electrons. The van der Waals surface area contributed by atoms with Gasteiger partial charge in [0.25, 0.3) is 0 Å². The van der Waals surface area contributed by atoms with Gasteiger partial charge in [-0.25, -0.2) is 0 Å². The Labute approximate surface area is 78.3 Å². The van der Waals surface area contributed by atoms with Gasteiger partial charge in [0.2, 0.25) is 0 Å². The molecule has 4 atom stereocenters. The highest BCUT2D eigenvalue weighted by atomic mass is 16.4. The molecule has 3 aliphatic carbocycles. The van der Waals surface area contributed by atoms with E-state index in [-0.39, 0.29) is 17.4 Å². The number of hydrogen-bond donors (Lipinski definition) is 2. The second kappa shape index (κ2) is 2.47. The summed E-state index contributed by atoms with van der Waals surface area (Å²) in [6.45, 7) is 4.42. The highest BCUT2D eigenvalue weighted by molar-refractivity contribution is 5.71. The minimum atomic E-state index is -0.710. The van der Waals surface area contributed by atoms with Crippen molar-refractivity contribution >= 4 is 5.97 Å². The third-order valence-corrected chi connectivity index (χ3v) is 4.33. The van der Waals surface area contributed by atoms with Crippen LogP contribution in [0.4, 0.5) is 0 Å². The molecule has 0 aliphatic heterocycles. The standard InChI is InChI=1S/C10H17NO2/c1-10(2)5-3-6(9(12)13)8(11)7(10)4-5/h5-8H,3-4,11H2,1-2H3,(H,12,13)/t5-,6?,7?,8?/m1/s1. The van der Waals surface area contributed by atoms with Gasteiger partial charge in [0.05, 0.1) is 5.92 Å². The van der Waals surface area contributed by atoms with Crippen molar-refractivity contribution in [2.24, 2.45) is 28.9 Å². The van der Waals surface area contributed by atoms with E-state index in [1.54, 1.807) is 0 Å². The quantitative estimate of drug-likeness (QED) is 0.639. The van der Waals surface area contributed by atoms with Crippen LogP contribution in [0, 0.1) is 23.2 Å². The van der Waals surface area contributed by atoms with Gasteiger partial charge < -0.3 is 10.8 Å². The number of carboxylic acids is 1. The Morgan fingerprint density at radius 2 is 2.08 bits per heavy atom. The van der Waals surface area contributed by atoms with Crippen LogP contribution in [0.1, 0.15) is 26.7 Å². The van der Waals surface area contributed by atoms with Crippen LogP contribution in [-0.4, -0.2) is 17.1 Å². The number of hydrogen-bond acceptors (Lipinski definition) is 2. The number of rotatable bonds is 1. The normalized spacial score (nSPS) is 46.7. The van der Waals surface area contributed by atoms with Gasteiger partial charge in [-0.1, -0.05) is 13.8 Å². The monoisotopic (exact) mass is 183 g/mol. The van der Waals surface area contributed by atoms with E-state index < -0.39 is 5.97 Å². The number of fused-ring (bicyclic) bond motifs is 2. The van der Waals surface area contributed by atoms with Crippen LogP contribution in [0.3, 0.4) is 0 Å². The SMILES string of the molecule is CC1(C)C2C[C@H]1CC(C(=O)O)C2N. The van der Waals surface area contributed by atoms with Gasteiger partial charge in [-0.15, -0.1) is 0 Å². The second-order valence-electron chi connectivity index (χ2n) is 5.12. The summed E-state index contributed by atoms with van der Waals surface area (Å²) in [5, 5.41) is 8.94. The van der Waals surface area contributed by atoms with Crippen molar-refractivity contribution in [1.82, 2.24) is 0 Å². The Morgan fingerprint density at radius 1 is 1.46 bits per heavy atom. The summed E-state index contributed by atoms with van der Waals surface area (Å²) in [6.07, 6.45) is 1.91. The molecule has 0 heterocycles. The van der Waals surface area contributed by atoms with Crippen molar-refractivity contribution in [2.75, 3.05) is 0 Å². The zero-order valence-corrected chi connectivity index (χ0v) is 8.16. The minimum absolute atomic E-state index is 0.127. The lowest BCUT2D eigenvalue weighted by Gasteiger charge is -2.60. The molecule has 0 aromatic rings. The molecule has 2 bridgehead atoms. The van der Waals surface area contributed by atoms with E-state index in [0.717, 1.165) is 12.8 Å². The lowest BCUT2D eigenvalue weighted by atomic mass is 9.45. The Morgan fingerprint density at radius 3 is 2.46 bits per heavy atom. The van der Waals surface area contributed by atoms with Crippen molar-refractivity contribution in [3.05, 3.63) is 0 Å². The maximum atomic E-state index is 10.9. The molecule has 3 fully saturated rings. The molecule has 3 aliphatic rings. The van der Waals surface area contributed by atoms with E-state index in [1.807, 2.05) is 0 Å². The fourth-order valence-electron chi connectivity index (χ4n) is 3.12. The second-order valence-corrected chi connectivity index (χ2v) is 5.12. The lowest BCUT2D eigenvalue weighted by Crippen LogP contribution is -2.62. The molecular formula is C10H17NO2. The first-order valence-electron chi connectivity index (χ1n) is 4.93. The van der Waals surface area contributed by atoms with E-state index in [2.05, 4.69) is 13.8 Å². The maximum Gasteiger partial charge on any atom is 0.308 e. The Bertz CT molecular complexity index is 249. The van der Waals surface area contributed by atoms with E-state index in [1.165, 1.54) is 0 Å². The van der Waals surface area contributed by atoms with Crippen molar-refractivity contribution in [1.29, 1.82) is 0 Å². The molecule has 0 amide bonds. The number of aliphatic carboxylic acids is 1. The molecule has 0 saturated heterocycles. The van der Waals surface area contributed by atoms with Gasteiger partial charge in [-0.3, -0.25) is 4.79 Å². The van der Waals surface area contributed by atoms with E-state index >= 15 is 0 Å². The van der Waals surface area contributed by atoms with Crippen LogP contribution in [0.25, 0.3) is 0 Å². The van der Waals surface area contributed by atoms with Crippen molar-refractivity contribution in [3.63, 3.8) is 0 Å². The minimum Gasteiger partial charge on any atom is -0.481 e. The van der Waals surface area contributed by atoms with E-state index in [0.29, 0.717) is 11.8 Å². The average Bonchev–Trinajstić information content (AvgIpc) is 2.02. The Kier molecular flexibility index (Phi) is 1.71. The van der Waals surface area contributed by atoms with Crippen molar-refractivity contribution in [2.45, 2.75) is 32.7 Å². The van der Waals surface area contributed by atoms with Crippen LogP contribution in [0.5, 0.6) is 0 Å². The molecule has 74 valence electrons. The Balaban J connectivity index is 2.16. The van der Waals surface area contributed by atoms with Crippen molar-refractivity contribution < 1.29 is 9.90 Å².